The van der Waals surface area contributed by atoms with Crippen LogP contribution in [0.3, 0.4) is 0 Å². The maximum Gasteiger partial charge on any atom is 0.420 e. The van der Waals surface area contributed by atoms with Gasteiger partial charge in [0.25, 0.3) is 0 Å². The number of hydrogen-bond donors (Lipinski definition) is 1. The molecule has 0 spiro atoms. The molecule has 0 aliphatic carbocycles. The molecule has 8 heteroatoms. The van der Waals surface area contributed by atoms with Crippen molar-refractivity contribution in [2.45, 2.75) is 130 Å². The predicted molar refractivity (Wildman–Crippen MR) is 135 cm³/mol. The summed E-state index contributed by atoms with van der Waals surface area (Å²) < 4.78 is 84.8. The van der Waals surface area contributed by atoms with Crippen molar-refractivity contribution >= 4 is 0 Å². The lowest BCUT2D eigenvalue weighted by molar-refractivity contribution is -0.171. The first-order valence-corrected chi connectivity index (χ1v) is 13.6. The minimum absolute atomic E-state index is 0.0492. The number of ether oxygens (including phenoxy) is 1. The summed E-state index contributed by atoms with van der Waals surface area (Å²) in [6.07, 6.45) is -0.159. The van der Waals surface area contributed by atoms with Crippen LogP contribution in [0.2, 0.25) is 0 Å². The van der Waals surface area contributed by atoms with E-state index in [9.17, 15) is 31.4 Å². The van der Waals surface area contributed by atoms with E-state index in [1.165, 1.54) is 20.8 Å². The van der Waals surface area contributed by atoms with Gasteiger partial charge in [-0.3, -0.25) is 0 Å². The van der Waals surface area contributed by atoms with Crippen molar-refractivity contribution in [2.24, 2.45) is 17.8 Å². The van der Waals surface area contributed by atoms with E-state index >= 15 is 0 Å². The van der Waals surface area contributed by atoms with Crippen molar-refractivity contribution < 1.29 is 36.2 Å². The summed E-state index contributed by atoms with van der Waals surface area (Å²) in [6, 6.07) is 0. The number of aromatic hydroxyl groups is 1. The van der Waals surface area contributed by atoms with Gasteiger partial charge >= 0.3 is 12.4 Å². The number of phenols is 1. The molecular formula is C29H44F6O2. The highest BCUT2D eigenvalue weighted by molar-refractivity contribution is 5.59. The number of halogens is 6. The van der Waals surface area contributed by atoms with Crippen molar-refractivity contribution in [3.05, 3.63) is 22.3 Å². The highest BCUT2D eigenvalue weighted by atomic mass is 19.4. The van der Waals surface area contributed by atoms with E-state index in [0.717, 1.165) is 44.9 Å². The van der Waals surface area contributed by atoms with Gasteiger partial charge in [-0.2, -0.15) is 26.3 Å². The molecule has 0 saturated heterocycles. The van der Waals surface area contributed by atoms with Gasteiger partial charge in [-0.1, -0.05) is 59.3 Å². The SMILES string of the molecule is Cc1c(O)c(C(F)(F)F)c(C)c2c1CCC(C)(CCCC(C)CCCC(C)CCCC(C)C(F)(F)F)O2. The molecule has 1 heterocycles. The topological polar surface area (TPSA) is 29.5 Å². The molecule has 1 aromatic carbocycles. The van der Waals surface area contributed by atoms with Crippen molar-refractivity contribution in [2.75, 3.05) is 0 Å². The number of hydrogen-bond acceptors (Lipinski definition) is 2. The van der Waals surface area contributed by atoms with E-state index in [1.54, 1.807) is 0 Å². The normalized spacial score (nSPS) is 20.8. The molecule has 1 aliphatic rings. The van der Waals surface area contributed by atoms with Gasteiger partial charge < -0.3 is 9.84 Å². The highest BCUT2D eigenvalue weighted by Gasteiger charge is 2.42. The van der Waals surface area contributed by atoms with Crippen LogP contribution in [-0.2, 0) is 12.6 Å². The Labute approximate surface area is 218 Å². The number of phenolic OH excluding ortho intramolecular Hbond substituents is 1. The van der Waals surface area contributed by atoms with E-state index in [0.29, 0.717) is 36.7 Å². The third kappa shape index (κ3) is 8.71. The highest BCUT2D eigenvalue weighted by Crippen LogP contribution is 2.49. The number of benzene rings is 1. The summed E-state index contributed by atoms with van der Waals surface area (Å²) in [5.74, 6) is -0.766. The molecule has 0 fully saturated rings. The largest absolute Gasteiger partial charge is 0.507 e. The molecule has 2 rings (SSSR count). The first-order valence-electron chi connectivity index (χ1n) is 13.6. The predicted octanol–water partition coefficient (Wildman–Crippen LogP) is 10.1. The minimum Gasteiger partial charge on any atom is -0.507 e. The molecule has 2 nitrogen and oxygen atoms in total. The lowest BCUT2D eigenvalue weighted by atomic mass is 9.83. The molecule has 0 aromatic heterocycles. The van der Waals surface area contributed by atoms with Crippen LogP contribution in [-0.4, -0.2) is 16.9 Å². The summed E-state index contributed by atoms with van der Waals surface area (Å²) in [4.78, 5) is 0. The second-order valence-corrected chi connectivity index (χ2v) is 11.7. The fourth-order valence-corrected chi connectivity index (χ4v) is 5.53. The van der Waals surface area contributed by atoms with Crippen molar-refractivity contribution in [1.82, 2.24) is 0 Å². The number of alkyl halides is 6. The smallest absolute Gasteiger partial charge is 0.420 e. The Balaban J connectivity index is 1.79. The number of rotatable bonds is 12. The molecule has 0 amide bonds. The van der Waals surface area contributed by atoms with Crippen LogP contribution < -0.4 is 4.74 Å². The fraction of sp³-hybridized carbons (Fsp3) is 0.793. The van der Waals surface area contributed by atoms with Crippen LogP contribution in [0.4, 0.5) is 26.3 Å². The first kappa shape index (κ1) is 31.6. The zero-order chi connectivity index (χ0) is 28.2. The van der Waals surface area contributed by atoms with E-state index in [1.807, 2.05) is 6.92 Å². The second kappa shape index (κ2) is 12.5. The van der Waals surface area contributed by atoms with Gasteiger partial charge in [0.05, 0.1) is 5.92 Å². The molecule has 4 unspecified atom stereocenters. The molecular weight excluding hydrogens is 494 g/mol. The van der Waals surface area contributed by atoms with Gasteiger partial charge in [0, 0.05) is 11.1 Å². The molecule has 1 aliphatic heterocycles. The van der Waals surface area contributed by atoms with Gasteiger partial charge in [-0.25, -0.2) is 0 Å². The third-order valence-corrected chi connectivity index (χ3v) is 8.26. The first-order chi connectivity index (χ1) is 17.0. The van der Waals surface area contributed by atoms with Crippen LogP contribution >= 0.6 is 0 Å². The Morgan fingerprint density at radius 1 is 0.838 bits per heavy atom. The monoisotopic (exact) mass is 538 g/mol. The fourth-order valence-electron chi connectivity index (χ4n) is 5.53. The Morgan fingerprint density at radius 2 is 1.35 bits per heavy atom. The Morgan fingerprint density at radius 3 is 1.86 bits per heavy atom. The lowest BCUT2D eigenvalue weighted by Gasteiger charge is -2.38. The summed E-state index contributed by atoms with van der Waals surface area (Å²) in [5.41, 5.74) is -0.702. The second-order valence-electron chi connectivity index (χ2n) is 11.7. The Hall–Kier alpha value is -1.60. The molecule has 0 radical (unpaired) electrons. The maximum absolute atomic E-state index is 13.6. The lowest BCUT2D eigenvalue weighted by Crippen LogP contribution is -2.37. The quantitative estimate of drug-likeness (QED) is 0.268. The summed E-state index contributed by atoms with van der Waals surface area (Å²) in [6.45, 7) is 10.4. The third-order valence-electron chi connectivity index (χ3n) is 8.26. The van der Waals surface area contributed by atoms with Gasteiger partial charge in [0.1, 0.15) is 22.7 Å². The molecule has 1 N–H and O–H groups in total. The molecule has 214 valence electrons. The minimum atomic E-state index is -4.65. The van der Waals surface area contributed by atoms with Crippen molar-refractivity contribution in [3.63, 3.8) is 0 Å². The molecule has 1 aromatic rings. The molecule has 37 heavy (non-hydrogen) atoms. The summed E-state index contributed by atoms with van der Waals surface area (Å²) in [5, 5.41) is 10.2. The van der Waals surface area contributed by atoms with Crippen LogP contribution in [0.5, 0.6) is 11.5 Å². The van der Waals surface area contributed by atoms with E-state index in [4.69, 9.17) is 4.74 Å². The van der Waals surface area contributed by atoms with E-state index < -0.39 is 35.2 Å². The van der Waals surface area contributed by atoms with Crippen LogP contribution in [0.25, 0.3) is 0 Å². The molecule has 0 saturated carbocycles. The van der Waals surface area contributed by atoms with Crippen LogP contribution in [0.1, 0.15) is 114 Å². The van der Waals surface area contributed by atoms with Crippen LogP contribution in [0.15, 0.2) is 0 Å². The van der Waals surface area contributed by atoms with Gasteiger partial charge in [-0.05, 0) is 70.3 Å². The standard InChI is InChI=1S/C29H44F6O2/c1-18(12-8-14-20(3)28(30,31)32)10-7-11-19(2)13-9-16-27(6)17-15-23-21(4)25(36)24(29(33,34)35)22(5)26(23)37-27/h18-20,36H,7-17H2,1-6H3. The number of fused-ring (bicyclic) bond motifs is 1. The van der Waals surface area contributed by atoms with E-state index in [2.05, 4.69) is 13.8 Å². The summed E-state index contributed by atoms with van der Waals surface area (Å²) in [7, 11) is 0. The van der Waals surface area contributed by atoms with Crippen molar-refractivity contribution in [3.8, 4) is 11.5 Å². The Kier molecular flexibility index (Phi) is 10.7. The average molecular weight is 539 g/mol. The van der Waals surface area contributed by atoms with Gasteiger partial charge in [-0.15, -0.1) is 0 Å². The van der Waals surface area contributed by atoms with E-state index in [-0.39, 0.29) is 23.3 Å². The maximum atomic E-state index is 13.6. The average Bonchev–Trinajstić information content (AvgIpc) is 2.76. The summed E-state index contributed by atoms with van der Waals surface area (Å²) >= 11 is 0. The molecule has 4 atom stereocenters. The molecule has 0 bridgehead atoms. The van der Waals surface area contributed by atoms with Gasteiger partial charge in [0.2, 0.25) is 0 Å². The Bertz CT molecular complexity index is 892. The zero-order valence-corrected chi connectivity index (χ0v) is 23.1. The zero-order valence-electron chi connectivity index (χ0n) is 23.1. The van der Waals surface area contributed by atoms with Crippen molar-refractivity contribution in [1.29, 1.82) is 0 Å². The van der Waals surface area contributed by atoms with Gasteiger partial charge in [0.15, 0.2) is 0 Å². The van der Waals surface area contributed by atoms with Crippen LogP contribution in [0, 0.1) is 31.6 Å².